The Morgan fingerprint density at radius 1 is 1.36 bits per heavy atom. The highest BCUT2D eigenvalue weighted by molar-refractivity contribution is 8.00. The Morgan fingerprint density at radius 2 is 2.00 bits per heavy atom. The van der Waals surface area contributed by atoms with Crippen LogP contribution >= 0.6 is 23.1 Å². The van der Waals surface area contributed by atoms with Crippen molar-refractivity contribution in [3.8, 4) is 22.9 Å². The summed E-state index contributed by atoms with van der Waals surface area (Å²) in [6.45, 7) is 3.49. The normalized spacial score (nSPS) is 11.4. The molecule has 1 aromatic heterocycles. The van der Waals surface area contributed by atoms with Gasteiger partial charge in [0.15, 0.2) is 0 Å². The molecule has 0 bridgehead atoms. The largest absolute Gasteiger partial charge is 0.492 e. The number of hydrogen-bond donors (Lipinski definition) is 2. The first kappa shape index (κ1) is 22.2. The Balaban J connectivity index is 2.14. The van der Waals surface area contributed by atoms with Gasteiger partial charge >= 0.3 is 5.97 Å². The highest BCUT2D eigenvalue weighted by Gasteiger charge is 2.23. The van der Waals surface area contributed by atoms with Gasteiger partial charge in [0, 0.05) is 12.1 Å². The van der Waals surface area contributed by atoms with E-state index in [1.807, 2.05) is 0 Å². The first-order valence-corrected chi connectivity index (χ1v) is 11.9. The molecule has 0 radical (unpaired) electrons. The summed E-state index contributed by atoms with van der Waals surface area (Å²) in [4.78, 5) is 11.7. The lowest BCUT2D eigenvalue weighted by molar-refractivity contribution is 0.0703. The number of carboxylic acid groups (broad SMARTS) is 1. The van der Waals surface area contributed by atoms with E-state index in [1.165, 1.54) is 11.8 Å². The van der Waals surface area contributed by atoms with Crippen molar-refractivity contribution in [3.63, 3.8) is 0 Å². The van der Waals surface area contributed by atoms with E-state index in [4.69, 9.17) is 4.74 Å². The van der Waals surface area contributed by atoms with Gasteiger partial charge in [-0.25, -0.2) is 17.9 Å². The number of aromatic carboxylic acids is 1. The van der Waals surface area contributed by atoms with Gasteiger partial charge in [-0.2, -0.15) is 5.26 Å². The average Bonchev–Trinajstić information content (AvgIpc) is 3.04. The Labute approximate surface area is 172 Å². The van der Waals surface area contributed by atoms with Crippen LogP contribution in [0.25, 0.3) is 11.1 Å². The number of nitrogens with zero attached hydrogens (tertiary/aromatic N) is 1. The lowest BCUT2D eigenvalue weighted by Gasteiger charge is -2.11. The molecule has 0 saturated carbocycles. The van der Waals surface area contributed by atoms with E-state index in [0.717, 1.165) is 11.3 Å². The zero-order valence-electron chi connectivity index (χ0n) is 15.6. The third kappa shape index (κ3) is 5.05. The highest BCUT2D eigenvalue weighted by Crippen LogP contribution is 2.41. The predicted molar refractivity (Wildman–Crippen MR) is 111 cm³/mol. The second-order valence-corrected chi connectivity index (χ2v) is 10.4. The number of thiophene rings is 1. The fraction of sp³-hybridized carbons (Fsp3) is 0.333. The van der Waals surface area contributed by atoms with E-state index in [0.29, 0.717) is 26.6 Å². The van der Waals surface area contributed by atoms with Gasteiger partial charge in [0.05, 0.1) is 15.0 Å². The third-order valence-electron chi connectivity index (χ3n) is 3.81. The smallest absolute Gasteiger partial charge is 0.346 e. The Bertz CT molecular complexity index is 989. The molecule has 0 atom stereocenters. The molecule has 0 spiro atoms. The Hall–Kier alpha value is -2.06. The summed E-state index contributed by atoms with van der Waals surface area (Å²) >= 11 is 2.42. The molecule has 2 N–H and O–H groups in total. The molecule has 2 rings (SSSR count). The monoisotopic (exact) mass is 440 g/mol. The molecule has 2 aromatic rings. The van der Waals surface area contributed by atoms with Crippen LogP contribution in [0.3, 0.4) is 0 Å². The number of ether oxygens (including phenoxy) is 1. The van der Waals surface area contributed by atoms with Crippen LogP contribution in [0.2, 0.25) is 0 Å². The van der Waals surface area contributed by atoms with Gasteiger partial charge in [-0.3, -0.25) is 0 Å². The van der Waals surface area contributed by atoms with Crippen molar-refractivity contribution in [2.45, 2.75) is 23.3 Å². The van der Waals surface area contributed by atoms with Crippen LogP contribution in [-0.4, -0.2) is 44.2 Å². The number of benzene rings is 1. The first-order valence-electron chi connectivity index (χ1n) is 8.27. The lowest BCUT2D eigenvalue weighted by Crippen LogP contribution is -2.33. The first-order chi connectivity index (χ1) is 13.2. The van der Waals surface area contributed by atoms with Crippen LogP contribution in [0, 0.1) is 11.3 Å². The highest BCUT2D eigenvalue weighted by atomic mass is 32.2. The lowest BCUT2D eigenvalue weighted by atomic mass is 10.0. The zero-order valence-corrected chi connectivity index (χ0v) is 18.0. The molecule has 1 aromatic carbocycles. The molecule has 0 aliphatic rings. The molecule has 0 aliphatic carbocycles. The number of nitrogens with one attached hydrogen (secondary N) is 1. The second-order valence-electron chi connectivity index (χ2n) is 5.95. The van der Waals surface area contributed by atoms with Crippen LogP contribution in [0.15, 0.2) is 28.5 Å². The van der Waals surface area contributed by atoms with Crippen molar-refractivity contribution in [3.05, 3.63) is 34.7 Å². The van der Waals surface area contributed by atoms with Crippen LogP contribution in [0.4, 0.5) is 0 Å². The maximum Gasteiger partial charge on any atom is 0.346 e. The topological polar surface area (TPSA) is 116 Å². The van der Waals surface area contributed by atoms with Crippen LogP contribution < -0.4 is 9.46 Å². The average molecular weight is 441 g/mol. The van der Waals surface area contributed by atoms with Crippen molar-refractivity contribution < 1.29 is 23.1 Å². The molecule has 7 nitrogen and oxygen atoms in total. The minimum absolute atomic E-state index is 0.123. The number of carbonyl (C=O) groups is 1. The van der Waals surface area contributed by atoms with E-state index in [9.17, 15) is 23.6 Å². The van der Waals surface area contributed by atoms with Gasteiger partial charge in [-0.05, 0) is 37.8 Å². The van der Waals surface area contributed by atoms with E-state index in [-0.39, 0.29) is 18.0 Å². The zero-order chi connectivity index (χ0) is 20.9. The molecule has 0 saturated heterocycles. The van der Waals surface area contributed by atoms with Crippen molar-refractivity contribution in [1.82, 2.24) is 4.72 Å². The van der Waals surface area contributed by atoms with Gasteiger partial charge in [0.1, 0.15) is 23.3 Å². The minimum atomic E-state index is -3.33. The molecule has 0 fully saturated rings. The van der Waals surface area contributed by atoms with Crippen molar-refractivity contribution in [2.24, 2.45) is 0 Å². The SMILES string of the molecule is CSc1sc(C(=O)O)c(-c2ccc(OCCNS(=O)(=O)C(C)C)cc2)c1C#N. The van der Waals surface area contributed by atoms with Gasteiger partial charge in [-0.1, -0.05) is 12.1 Å². The summed E-state index contributed by atoms with van der Waals surface area (Å²) in [5.41, 5.74) is 1.37. The maximum atomic E-state index is 11.7. The van der Waals surface area contributed by atoms with Gasteiger partial charge in [-0.15, -0.1) is 23.1 Å². The fourth-order valence-electron chi connectivity index (χ4n) is 2.32. The summed E-state index contributed by atoms with van der Waals surface area (Å²) < 4.78 is 32.0. The Morgan fingerprint density at radius 3 is 2.50 bits per heavy atom. The molecule has 10 heteroatoms. The number of carboxylic acids is 1. The van der Waals surface area contributed by atoms with Crippen molar-refractivity contribution in [2.75, 3.05) is 19.4 Å². The predicted octanol–water partition coefficient (Wildman–Crippen LogP) is 3.41. The maximum absolute atomic E-state index is 11.7. The second kappa shape index (κ2) is 9.43. The van der Waals surface area contributed by atoms with E-state index in [2.05, 4.69) is 10.8 Å². The molecule has 28 heavy (non-hydrogen) atoms. The van der Waals surface area contributed by atoms with E-state index < -0.39 is 21.2 Å². The summed E-state index contributed by atoms with van der Waals surface area (Å²) in [5, 5.41) is 18.4. The molecule has 0 aliphatic heterocycles. The van der Waals surface area contributed by atoms with Crippen LogP contribution in [0.1, 0.15) is 29.1 Å². The quantitative estimate of drug-likeness (QED) is 0.453. The van der Waals surface area contributed by atoms with Crippen molar-refractivity contribution in [1.29, 1.82) is 5.26 Å². The fourth-order valence-corrected chi connectivity index (χ4v) is 4.80. The minimum Gasteiger partial charge on any atom is -0.492 e. The summed E-state index contributed by atoms with van der Waals surface area (Å²) in [6.07, 6.45) is 1.80. The standard InChI is InChI=1S/C18H20N2O5S3/c1-11(2)28(23,24)20-8-9-25-13-6-4-12(5-7-13)15-14(10-19)18(26-3)27-16(15)17(21)22/h4-7,11,20H,8-9H2,1-3H3,(H,21,22). The number of rotatable bonds is 9. The summed E-state index contributed by atoms with van der Waals surface area (Å²) in [7, 11) is -3.33. The summed E-state index contributed by atoms with van der Waals surface area (Å²) in [5.74, 6) is -0.558. The Kier molecular flexibility index (Phi) is 7.48. The third-order valence-corrected chi connectivity index (χ3v) is 7.95. The van der Waals surface area contributed by atoms with Crippen LogP contribution in [-0.2, 0) is 10.0 Å². The molecule has 0 amide bonds. The van der Waals surface area contributed by atoms with Gasteiger partial charge in [0.25, 0.3) is 0 Å². The molecule has 1 heterocycles. The molecular weight excluding hydrogens is 420 g/mol. The van der Waals surface area contributed by atoms with Gasteiger partial charge in [0.2, 0.25) is 10.0 Å². The molecule has 150 valence electrons. The van der Waals surface area contributed by atoms with Crippen LogP contribution in [0.5, 0.6) is 5.75 Å². The molecular formula is C18H20N2O5S3. The van der Waals surface area contributed by atoms with Crippen molar-refractivity contribution >= 4 is 39.1 Å². The number of nitriles is 1. The van der Waals surface area contributed by atoms with E-state index >= 15 is 0 Å². The number of hydrogen-bond acceptors (Lipinski definition) is 7. The number of sulfonamides is 1. The van der Waals surface area contributed by atoms with E-state index in [1.54, 1.807) is 44.4 Å². The molecule has 0 unspecified atom stereocenters. The number of thioether (sulfide) groups is 1. The summed E-state index contributed by atoms with van der Waals surface area (Å²) in [6, 6.07) is 8.80. The van der Waals surface area contributed by atoms with Gasteiger partial charge < -0.3 is 9.84 Å².